The zero-order valence-electron chi connectivity index (χ0n) is 19.3. The van der Waals surface area contributed by atoms with E-state index in [1.165, 1.54) is 17.3 Å². The summed E-state index contributed by atoms with van der Waals surface area (Å²) >= 11 is 5.00. The summed E-state index contributed by atoms with van der Waals surface area (Å²) in [6, 6.07) is 27.7. The highest BCUT2D eigenvalue weighted by molar-refractivity contribution is 9.10. The minimum Gasteiger partial charge on any atom is -0.457 e. The number of carbonyl (C=O) groups is 1. The lowest BCUT2D eigenvalue weighted by Gasteiger charge is -2.32. The number of thioether (sulfide) groups is 1. The Morgan fingerprint density at radius 2 is 1.86 bits per heavy atom. The molecule has 0 saturated heterocycles. The molecule has 36 heavy (non-hydrogen) atoms. The average molecular weight is 557 g/mol. The molecule has 0 radical (unpaired) electrons. The number of hydrogen-bond acceptors (Lipinski definition) is 6. The number of nitrogens with zero attached hydrogens (tertiary/aromatic N) is 3. The van der Waals surface area contributed by atoms with Gasteiger partial charge in [0.05, 0.1) is 5.36 Å². The Morgan fingerprint density at radius 1 is 1.03 bits per heavy atom. The van der Waals surface area contributed by atoms with Gasteiger partial charge in [0.2, 0.25) is 6.17 Å². The van der Waals surface area contributed by atoms with Crippen molar-refractivity contribution >= 4 is 44.5 Å². The van der Waals surface area contributed by atoms with Gasteiger partial charge in [0.1, 0.15) is 11.5 Å². The number of rotatable bonds is 4. The zero-order valence-corrected chi connectivity index (χ0v) is 21.7. The summed E-state index contributed by atoms with van der Waals surface area (Å²) in [5, 5.41) is 11.5. The lowest BCUT2D eigenvalue weighted by atomic mass is 10.1. The van der Waals surface area contributed by atoms with Crippen LogP contribution >= 0.6 is 27.7 Å². The van der Waals surface area contributed by atoms with Crippen molar-refractivity contribution in [1.82, 2.24) is 10.3 Å². The largest absolute Gasteiger partial charge is 0.457 e. The Balaban J connectivity index is 1.38. The van der Waals surface area contributed by atoms with Gasteiger partial charge in [-0.05, 0) is 42.8 Å². The van der Waals surface area contributed by atoms with Crippen molar-refractivity contribution < 1.29 is 9.21 Å². The molecule has 4 aromatic rings. The van der Waals surface area contributed by atoms with Gasteiger partial charge in [-0.3, -0.25) is 10.1 Å². The predicted molar refractivity (Wildman–Crippen MR) is 145 cm³/mol. The lowest BCUT2D eigenvalue weighted by Crippen LogP contribution is -2.50. The number of aryl methyl sites for hydroxylation is 1. The number of furan rings is 1. The van der Waals surface area contributed by atoms with Crippen LogP contribution in [0.5, 0.6) is 0 Å². The molecule has 1 aromatic heterocycles. The van der Waals surface area contributed by atoms with E-state index < -0.39 is 6.17 Å². The fraction of sp³-hybridized carbons (Fsp3) is 0.107. The number of para-hydroxylation sites is 1. The van der Waals surface area contributed by atoms with E-state index in [0.717, 1.165) is 31.9 Å². The fourth-order valence-electron chi connectivity index (χ4n) is 4.20. The second-order valence-electron chi connectivity index (χ2n) is 8.56. The maximum absolute atomic E-state index is 13.3. The molecular formula is C28H21BrN4O2S. The van der Waals surface area contributed by atoms with Gasteiger partial charge in [-0.2, -0.15) is 0 Å². The second kappa shape index (κ2) is 9.44. The normalized spacial score (nSPS) is 16.6. The number of hydrogen-bond donors (Lipinski definition) is 1. The van der Waals surface area contributed by atoms with Crippen molar-refractivity contribution in [3.63, 3.8) is 0 Å². The van der Waals surface area contributed by atoms with Crippen molar-refractivity contribution in [3.05, 3.63) is 117 Å². The number of nitrogens with one attached hydrogen (secondary N) is 1. The molecule has 0 spiro atoms. The first kappa shape index (κ1) is 22.8. The topological polar surface area (TPSA) is 70.2 Å². The molecule has 0 aliphatic carbocycles. The highest BCUT2D eigenvalue weighted by Gasteiger charge is 2.36. The summed E-state index contributed by atoms with van der Waals surface area (Å²) < 4.78 is 7.23. The van der Waals surface area contributed by atoms with E-state index in [1.54, 1.807) is 5.01 Å². The Kier molecular flexibility index (Phi) is 5.99. The van der Waals surface area contributed by atoms with E-state index in [2.05, 4.69) is 52.4 Å². The number of fused-ring (bicyclic) bond motifs is 2. The van der Waals surface area contributed by atoms with Crippen LogP contribution in [0.4, 0.5) is 0 Å². The lowest BCUT2D eigenvalue weighted by molar-refractivity contribution is -0.116. The molecule has 2 aliphatic rings. The molecule has 178 valence electrons. The van der Waals surface area contributed by atoms with E-state index in [4.69, 9.17) is 14.5 Å². The Bertz CT molecular complexity index is 1630. The second-order valence-corrected chi connectivity index (χ2v) is 10.4. The zero-order chi connectivity index (χ0) is 24.6. The van der Waals surface area contributed by atoms with E-state index in [0.29, 0.717) is 22.4 Å². The summed E-state index contributed by atoms with van der Waals surface area (Å²) in [7, 11) is 0. The number of benzene rings is 3. The summed E-state index contributed by atoms with van der Waals surface area (Å²) in [4.78, 5) is 18.3. The van der Waals surface area contributed by atoms with Gasteiger partial charge in [-0.25, -0.2) is 10.0 Å². The van der Waals surface area contributed by atoms with E-state index in [-0.39, 0.29) is 5.91 Å². The van der Waals surface area contributed by atoms with Gasteiger partial charge in [-0.1, -0.05) is 87.9 Å². The van der Waals surface area contributed by atoms with Crippen LogP contribution in [0.3, 0.4) is 0 Å². The number of carbonyl (C=O) groups excluding carboxylic acids is 1. The van der Waals surface area contributed by atoms with Crippen LogP contribution in [0.2, 0.25) is 0 Å². The first-order chi connectivity index (χ1) is 17.5. The van der Waals surface area contributed by atoms with E-state index >= 15 is 0 Å². The first-order valence-corrected chi connectivity index (χ1v) is 13.2. The quantitative estimate of drug-likeness (QED) is 0.380. The molecule has 1 atom stereocenters. The summed E-state index contributed by atoms with van der Waals surface area (Å²) in [5.41, 5.74) is 3.78. The molecule has 8 heteroatoms. The fourth-order valence-corrected chi connectivity index (χ4v) is 5.41. The first-order valence-electron chi connectivity index (χ1n) is 11.5. The van der Waals surface area contributed by atoms with Crippen LogP contribution in [0.25, 0.3) is 17.0 Å². The maximum Gasteiger partial charge on any atom is 0.276 e. The smallest absolute Gasteiger partial charge is 0.276 e. The molecular weight excluding hydrogens is 536 g/mol. The molecule has 6 nitrogen and oxygen atoms in total. The highest BCUT2D eigenvalue weighted by Crippen LogP contribution is 2.34. The third kappa shape index (κ3) is 4.38. The molecule has 0 bridgehead atoms. The summed E-state index contributed by atoms with van der Waals surface area (Å²) in [6.07, 6.45) is -0.600. The van der Waals surface area contributed by atoms with Crippen LogP contribution in [0.15, 0.2) is 104 Å². The number of halogens is 1. The maximum atomic E-state index is 13.3. The van der Waals surface area contributed by atoms with Crippen LogP contribution in [-0.4, -0.2) is 16.1 Å². The third-order valence-electron chi connectivity index (χ3n) is 6.00. The third-order valence-corrected chi connectivity index (χ3v) is 7.43. The molecule has 0 saturated carbocycles. The number of amides is 1. The van der Waals surface area contributed by atoms with Crippen LogP contribution in [0.1, 0.15) is 23.1 Å². The molecule has 6 rings (SSSR count). The molecule has 1 N–H and O–H groups in total. The SMILES string of the molecule is Cc1ccc(CSC2=NN3C(=c4ccccc4=N[C@@H]3c3ccc(-c4cccc(Br)c4)o3)C(=O)N2)cc1. The summed E-state index contributed by atoms with van der Waals surface area (Å²) in [5.74, 6) is 1.82. The summed E-state index contributed by atoms with van der Waals surface area (Å²) in [6.45, 7) is 2.06. The van der Waals surface area contributed by atoms with E-state index in [1.807, 2.05) is 60.7 Å². The van der Waals surface area contributed by atoms with Gasteiger partial charge >= 0.3 is 0 Å². The molecule has 3 aromatic carbocycles. The minimum atomic E-state index is -0.600. The van der Waals surface area contributed by atoms with Gasteiger partial charge < -0.3 is 4.42 Å². The average Bonchev–Trinajstić information content (AvgIpc) is 3.38. The Labute approximate surface area is 220 Å². The molecule has 1 amide bonds. The Morgan fingerprint density at radius 3 is 2.69 bits per heavy atom. The van der Waals surface area contributed by atoms with Crippen molar-refractivity contribution in [1.29, 1.82) is 0 Å². The minimum absolute atomic E-state index is 0.206. The van der Waals surface area contributed by atoms with Crippen LogP contribution < -0.4 is 15.9 Å². The number of hydrazone groups is 1. The molecule has 0 unspecified atom stereocenters. The number of amidine groups is 1. The van der Waals surface area contributed by atoms with Gasteiger partial charge in [-0.15, -0.1) is 5.10 Å². The van der Waals surface area contributed by atoms with Gasteiger partial charge in [0.15, 0.2) is 10.9 Å². The van der Waals surface area contributed by atoms with Crippen molar-refractivity contribution in [2.45, 2.75) is 18.8 Å². The monoisotopic (exact) mass is 556 g/mol. The van der Waals surface area contributed by atoms with Gasteiger partial charge in [0, 0.05) is 21.0 Å². The molecule has 0 fully saturated rings. The van der Waals surface area contributed by atoms with Crippen LogP contribution in [-0.2, 0) is 10.5 Å². The highest BCUT2D eigenvalue weighted by atomic mass is 79.9. The van der Waals surface area contributed by atoms with Crippen molar-refractivity contribution in [2.75, 3.05) is 0 Å². The standard InChI is InChI=1S/C28H21BrN4O2S/c1-17-9-11-18(12-10-17)16-36-28-31-27(34)25-21-7-2-3-8-22(21)30-26(33(25)32-28)24-14-13-23(35-24)19-5-4-6-20(29)15-19/h2-15,26H,16H2,1H3,(H,31,32,34)/t26-/m0/s1. The Hall–Kier alpha value is -3.62. The molecule has 2 aliphatic heterocycles. The van der Waals surface area contributed by atoms with E-state index in [9.17, 15) is 4.79 Å². The van der Waals surface area contributed by atoms with Crippen LogP contribution in [0, 0.1) is 6.92 Å². The van der Waals surface area contributed by atoms with Gasteiger partial charge in [0.25, 0.3) is 5.91 Å². The molecule has 3 heterocycles. The van der Waals surface area contributed by atoms with Crippen molar-refractivity contribution in [2.24, 2.45) is 10.1 Å². The predicted octanol–water partition coefficient (Wildman–Crippen LogP) is 5.09. The van der Waals surface area contributed by atoms with Crippen molar-refractivity contribution in [3.8, 4) is 11.3 Å².